The first-order chi connectivity index (χ1) is 9.04. The number of hydrogen-bond acceptors (Lipinski definition) is 6. The lowest BCUT2D eigenvalue weighted by Gasteiger charge is -2.27. The molecule has 19 heavy (non-hydrogen) atoms. The van der Waals surface area contributed by atoms with E-state index in [1.807, 2.05) is 0 Å². The Morgan fingerprint density at radius 2 is 2.16 bits per heavy atom. The topological polar surface area (TPSA) is 85.9 Å². The van der Waals surface area contributed by atoms with Crippen molar-refractivity contribution in [2.75, 3.05) is 20.3 Å². The minimum atomic E-state index is -1.48. The second-order valence-corrected chi connectivity index (χ2v) is 4.44. The van der Waals surface area contributed by atoms with Crippen LogP contribution >= 0.6 is 0 Å². The molecule has 2 N–H and O–H groups in total. The number of ether oxygens (including phenoxy) is 2. The monoisotopic (exact) mass is 274 g/mol. The van der Waals surface area contributed by atoms with Crippen LogP contribution < -0.4 is 10.8 Å². The zero-order chi connectivity index (χ0) is 14.3. The van der Waals surface area contributed by atoms with E-state index in [1.165, 1.54) is 14.0 Å². The maximum atomic E-state index is 12.0. The molecule has 0 aromatic rings. The third-order valence-corrected chi connectivity index (χ3v) is 3.06. The van der Waals surface area contributed by atoms with E-state index < -0.39 is 23.7 Å². The molecule has 1 aliphatic rings. The minimum Gasteiger partial charge on any atom is -0.464 e. The second-order valence-electron chi connectivity index (χ2n) is 4.44. The molecule has 1 rings (SSSR count). The van der Waals surface area contributed by atoms with Crippen LogP contribution in [0.15, 0.2) is 0 Å². The average molecular weight is 274 g/mol. The largest absolute Gasteiger partial charge is 0.464 e. The summed E-state index contributed by atoms with van der Waals surface area (Å²) in [6.07, 6.45) is 2.24. The van der Waals surface area contributed by atoms with Crippen molar-refractivity contribution in [1.29, 1.82) is 0 Å². The van der Waals surface area contributed by atoms with Crippen molar-refractivity contribution >= 4 is 11.9 Å². The van der Waals surface area contributed by atoms with Gasteiger partial charge in [0.2, 0.25) is 0 Å². The molecule has 0 spiro atoms. The number of carbonyl (C=O) groups is 2. The Morgan fingerprint density at radius 3 is 2.68 bits per heavy atom. The first-order valence-electron chi connectivity index (χ1n) is 6.48. The molecule has 1 amide bonds. The molecule has 0 radical (unpaired) electrons. The first kappa shape index (κ1) is 15.9. The minimum absolute atomic E-state index is 0.204. The summed E-state index contributed by atoms with van der Waals surface area (Å²) in [5, 5.41) is 2.64. The molecule has 0 bridgehead atoms. The van der Waals surface area contributed by atoms with Crippen molar-refractivity contribution < 1.29 is 23.9 Å². The lowest BCUT2D eigenvalue weighted by atomic mass is 10.0. The van der Waals surface area contributed by atoms with E-state index in [9.17, 15) is 9.59 Å². The number of hydrogen-bond donors (Lipinski definition) is 2. The van der Waals surface area contributed by atoms with E-state index in [2.05, 4.69) is 10.8 Å². The van der Waals surface area contributed by atoms with Gasteiger partial charge in [0.05, 0.1) is 6.61 Å². The Hall–Kier alpha value is -1.18. The van der Waals surface area contributed by atoms with Gasteiger partial charge in [-0.15, -0.1) is 0 Å². The number of amides is 1. The van der Waals surface area contributed by atoms with E-state index in [0.717, 1.165) is 19.3 Å². The Bertz CT molecular complexity index is 317. The van der Waals surface area contributed by atoms with E-state index in [4.69, 9.17) is 14.3 Å². The highest BCUT2D eigenvalue weighted by atomic mass is 16.8. The molecule has 7 nitrogen and oxygen atoms in total. The van der Waals surface area contributed by atoms with Crippen molar-refractivity contribution in [3.05, 3.63) is 0 Å². The van der Waals surface area contributed by atoms with E-state index >= 15 is 0 Å². The van der Waals surface area contributed by atoms with Gasteiger partial charge in [0.15, 0.2) is 11.8 Å². The summed E-state index contributed by atoms with van der Waals surface area (Å²) in [6.45, 7) is 3.93. The molecule has 1 saturated heterocycles. The number of likely N-dealkylation sites (N-methyl/N-ethyl adjacent to an activating group) is 1. The van der Waals surface area contributed by atoms with Crippen LogP contribution in [-0.2, 0) is 23.9 Å². The molecule has 110 valence electrons. The van der Waals surface area contributed by atoms with Crippen molar-refractivity contribution in [2.24, 2.45) is 0 Å². The lowest BCUT2D eigenvalue weighted by Crippen LogP contribution is -2.60. The van der Waals surface area contributed by atoms with Gasteiger partial charge in [-0.25, -0.2) is 15.1 Å². The van der Waals surface area contributed by atoms with Crippen molar-refractivity contribution in [3.63, 3.8) is 0 Å². The average Bonchev–Trinajstić information content (AvgIpc) is 2.45. The Labute approximate surface area is 112 Å². The number of rotatable bonds is 6. The number of nitrogens with one attached hydrogen (secondary N) is 2. The van der Waals surface area contributed by atoms with Gasteiger partial charge in [-0.2, -0.15) is 0 Å². The number of carbonyl (C=O) groups excluding carboxylic acids is 2. The summed E-state index contributed by atoms with van der Waals surface area (Å²) in [5.41, 5.74) is 0.774. The summed E-state index contributed by atoms with van der Waals surface area (Å²) in [4.78, 5) is 28.9. The van der Waals surface area contributed by atoms with E-state index in [0.29, 0.717) is 6.61 Å². The van der Waals surface area contributed by atoms with Crippen LogP contribution in [0.1, 0.15) is 33.1 Å². The zero-order valence-electron chi connectivity index (χ0n) is 11.7. The van der Waals surface area contributed by atoms with Gasteiger partial charge < -0.3 is 9.47 Å². The molecule has 7 heteroatoms. The van der Waals surface area contributed by atoms with Crippen LogP contribution in [0.2, 0.25) is 0 Å². The van der Waals surface area contributed by atoms with Gasteiger partial charge in [0.25, 0.3) is 5.91 Å². The summed E-state index contributed by atoms with van der Waals surface area (Å²) in [7, 11) is 1.51. The quantitative estimate of drug-likeness (QED) is 0.406. The Morgan fingerprint density at radius 1 is 1.42 bits per heavy atom. The highest BCUT2D eigenvalue weighted by molar-refractivity contribution is 6.06. The Balaban J connectivity index is 2.50. The molecule has 1 fully saturated rings. The number of hydroxylamine groups is 1. The molecule has 0 aromatic carbocycles. The summed E-state index contributed by atoms with van der Waals surface area (Å²) >= 11 is 0. The maximum absolute atomic E-state index is 12.0. The molecular weight excluding hydrogens is 252 g/mol. The second kappa shape index (κ2) is 7.42. The maximum Gasteiger partial charge on any atom is 0.335 e. The smallest absolute Gasteiger partial charge is 0.335 e. The molecule has 0 aromatic heterocycles. The highest BCUT2D eigenvalue weighted by Gasteiger charge is 2.42. The fourth-order valence-corrected chi connectivity index (χ4v) is 1.61. The molecule has 1 unspecified atom stereocenters. The fraction of sp³-hybridized carbons (Fsp3) is 0.833. The molecular formula is C12H22N2O5. The third kappa shape index (κ3) is 4.15. The van der Waals surface area contributed by atoms with Gasteiger partial charge in [-0.3, -0.25) is 10.1 Å². The van der Waals surface area contributed by atoms with Gasteiger partial charge in [0.1, 0.15) is 0 Å². The van der Waals surface area contributed by atoms with Crippen LogP contribution in [0, 0.1) is 0 Å². The summed E-state index contributed by atoms with van der Waals surface area (Å²) < 4.78 is 10.2. The van der Waals surface area contributed by atoms with Crippen LogP contribution in [-0.4, -0.2) is 44.0 Å². The van der Waals surface area contributed by atoms with Crippen molar-refractivity contribution in [3.8, 4) is 0 Å². The van der Waals surface area contributed by atoms with E-state index in [1.54, 1.807) is 6.92 Å². The van der Waals surface area contributed by atoms with Gasteiger partial charge in [0, 0.05) is 13.0 Å². The fourth-order valence-electron chi connectivity index (χ4n) is 1.61. The van der Waals surface area contributed by atoms with Gasteiger partial charge >= 0.3 is 5.97 Å². The van der Waals surface area contributed by atoms with Crippen molar-refractivity contribution in [2.45, 2.75) is 44.9 Å². The first-order valence-corrected chi connectivity index (χ1v) is 6.48. The Kier molecular flexibility index (Phi) is 6.20. The molecule has 1 aliphatic heterocycles. The van der Waals surface area contributed by atoms with Crippen LogP contribution in [0.3, 0.4) is 0 Å². The van der Waals surface area contributed by atoms with Crippen LogP contribution in [0.5, 0.6) is 0 Å². The van der Waals surface area contributed by atoms with Gasteiger partial charge in [-0.1, -0.05) is 0 Å². The summed E-state index contributed by atoms with van der Waals surface area (Å²) in [5.74, 6) is -1.26. The third-order valence-electron chi connectivity index (χ3n) is 3.06. The molecule has 2 atom stereocenters. The lowest BCUT2D eigenvalue weighted by molar-refractivity contribution is -0.204. The number of esters is 1. The highest BCUT2D eigenvalue weighted by Crippen LogP contribution is 2.13. The van der Waals surface area contributed by atoms with Crippen molar-refractivity contribution in [1.82, 2.24) is 10.8 Å². The predicted molar refractivity (Wildman–Crippen MR) is 66.9 cm³/mol. The standard InChI is InChI=1S/C12H22N2O5/c1-4-17-11(16)12(2,13-3)10(15)14-19-9-7-5-6-8-18-9/h9,13H,4-8H2,1-3H3,(H,14,15)/t9?,12-/m1/s1. The van der Waals surface area contributed by atoms with Gasteiger partial charge in [-0.05, 0) is 33.7 Å². The summed E-state index contributed by atoms with van der Waals surface area (Å²) in [6, 6.07) is 0. The SMILES string of the molecule is CCOC(=O)[C@](C)(NC)C(=O)NOC1CCCCO1. The normalized spacial score (nSPS) is 22.4. The van der Waals surface area contributed by atoms with Crippen LogP contribution in [0.25, 0.3) is 0 Å². The molecule has 0 saturated carbocycles. The van der Waals surface area contributed by atoms with Crippen LogP contribution in [0.4, 0.5) is 0 Å². The predicted octanol–water partition coefficient (Wildman–Crippen LogP) is 0.102. The molecule has 1 heterocycles. The zero-order valence-corrected chi connectivity index (χ0v) is 11.7. The van der Waals surface area contributed by atoms with E-state index in [-0.39, 0.29) is 6.61 Å². The molecule has 0 aliphatic carbocycles.